The van der Waals surface area contributed by atoms with Crippen molar-refractivity contribution < 1.29 is 45.7 Å². The number of halogens is 3. The van der Waals surface area contributed by atoms with E-state index in [1.807, 2.05) is 5.32 Å². The molecule has 0 spiro atoms. The van der Waals surface area contributed by atoms with Gasteiger partial charge in [-0.05, 0) is 36.8 Å². The third-order valence-electron chi connectivity index (χ3n) is 6.00. The number of carbonyl (C=O) groups is 1. The summed E-state index contributed by atoms with van der Waals surface area (Å²) in [5.74, 6) is -0.344. The van der Waals surface area contributed by atoms with E-state index in [-0.39, 0.29) is 29.3 Å². The lowest BCUT2D eigenvalue weighted by molar-refractivity contribution is -0.149. The Morgan fingerprint density at radius 2 is 2.00 bits per heavy atom. The Morgan fingerprint density at radius 3 is 2.69 bits per heavy atom. The van der Waals surface area contributed by atoms with Crippen molar-refractivity contribution in [2.75, 3.05) is 25.0 Å². The zero-order valence-electron chi connectivity index (χ0n) is 19.1. The standard InChI is InChI=1S/C23H25F3N2O7S/c1-33-14-3-2-4-16(8-14)36(31,32)28-13-5-6-19-17(7-13)18-9-15(34-20(11-29)22(18)35-19)10-21(30)27-12-23(24,25)26/h2-8,15,18,20,22,28-29H,9-12H2,1H3,(H,27,30)/t15-,18+,20-,22-/m0/s1. The lowest BCUT2D eigenvalue weighted by Crippen LogP contribution is -2.47. The van der Waals surface area contributed by atoms with Crippen LogP contribution in [0.2, 0.25) is 0 Å². The van der Waals surface area contributed by atoms with Crippen molar-refractivity contribution in [1.29, 1.82) is 0 Å². The van der Waals surface area contributed by atoms with E-state index in [1.165, 1.54) is 25.3 Å². The van der Waals surface area contributed by atoms with Crippen molar-refractivity contribution in [3.8, 4) is 11.5 Å². The molecular formula is C23H25F3N2O7S. The zero-order chi connectivity index (χ0) is 26.1. The molecule has 0 unspecified atom stereocenters. The highest BCUT2D eigenvalue weighted by Gasteiger charge is 2.46. The predicted molar refractivity (Wildman–Crippen MR) is 121 cm³/mol. The molecule has 2 aromatic rings. The molecule has 196 valence electrons. The van der Waals surface area contributed by atoms with Crippen LogP contribution in [0, 0.1) is 0 Å². The molecule has 2 aliphatic rings. The number of fused-ring (bicyclic) bond motifs is 3. The summed E-state index contributed by atoms with van der Waals surface area (Å²) >= 11 is 0. The van der Waals surface area contributed by atoms with Gasteiger partial charge in [0.05, 0.1) is 31.1 Å². The van der Waals surface area contributed by atoms with E-state index in [9.17, 15) is 31.5 Å². The highest BCUT2D eigenvalue weighted by atomic mass is 32.2. The Labute approximate surface area is 205 Å². The number of sulfonamides is 1. The van der Waals surface area contributed by atoms with Gasteiger partial charge in [-0.25, -0.2) is 8.42 Å². The third kappa shape index (κ3) is 5.85. The molecule has 36 heavy (non-hydrogen) atoms. The van der Waals surface area contributed by atoms with Crippen LogP contribution in [-0.4, -0.2) is 64.2 Å². The van der Waals surface area contributed by atoms with Crippen LogP contribution in [0.15, 0.2) is 47.4 Å². The average molecular weight is 531 g/mol. The summed E-state index contributed by atoms with van der Waals surface area (Å²) in [6, 6.07) is 10.7. The molecule has 9 nitrogen and oxygen atoms in total. The maximum atomic E-state index is 12.9. The number of ether oxygens (including phenoxy) is 3. The molecule has 0 saturated carbocycles. The van der Waals surface area contributed by atoms with E-state index in [0.717, 1.165) is 0 Å². The van der Waals surface area contributed by atoms with E-state index in [0.29, 0.717) is 17.1 Å². The average Bonchev–Trinajstić information content (AvgIpc) is 3.19. The summed E-state index contributed by atoms with van der Waals surface area (Å²) in [6.45, 7) is -1.87. The molecule has 1 saturated heterocycles. The van der Waals surface area contributed by atoms with Gasteiger partial charge in [0.1, 0.15) is 30.3 Å². The first-order chi connectivity index (χ1) is 17.0. The number of benzene rings is 2. The summed E-state index contributed by atoms with van der Waals surface area (Å²) in [7, 11) is -2.51. The van der Waals surface area contributed by atoms with Crippen LogP contribution in [-0.2, 0) is 19.6 Å². The van der Waals surface area contributed by atoms with Crippen molar-refractivity contribution in [2.45, 2.75) is 48.1 Å². The van der Waals surface area contributed by atoms with E-state index in [1.54, 1.807) is 24.3 Å². The van der Waals surface area contributed by atoms with Gasteiger partial charge in [-0.3, -0.25) is 9.52 Å². The Hall–Kier alpha value is -3.03. The van der Waals surface area contributed by atoms with Gasteiger partial charge < -0.3 is 24.6 Å². The molecule has 13 heteroatoms. The fourth-order valence-corrected chi connectivity index (χ4v) is 5.50. The number of hydrogen-bond acceptors (Lipinski definition) is 7. The maximum Gasteiger partial charge on any atom is 0.405 e. The van der Waals surface area contributed by atoms with Gasteiger partial charge in [-0.1, -0.05) is 6.07 Å². The summed E-state index contributed by atoms with van der Waals surface area (Å²) in [5.41, 5.74) is 0.917. The van der Waals surface area contributed by atoms with Crippen molar-refractivity contribution >= 4 is 21.6 Å². The fourth-order valence-electron chi connectivity index (χ4n) is 4.41. The molecule has 4 rings (SSSR count). The quantitative estimate of drug-likeness (QED) is 0.479. The fraction of sp³-hybridized carbons (Fsp3) is 0.435. The van der Waals surface area contributed by atoms with Crippen molar-refractivity contribution in [3.63, 3.8) is 0 Å². The Kier molecular flexibility index (Phi) is 7.34. The monoisotopic (exact) mass is 530 g/mol. The van der Waals surface area contributed by atoms with Crippen LogP contribution < -0.4 is 19.5 Å². The smallest absolute Gasteiger partial charge is 0.405 e. The Balaban J connectivity index is 1.51. The van der Waals surface area contributed by atoms with Crippen molar-refractivity contribution in [1.82, 2.24) is 5.32 Å². The number of amides is 1. The minimum Gasteiger partial charge on any atom is -0.497 e. The molecule has 2 heterocycles. The highest BCUT2D eigenvalue weighted by Crippen LogP contribution is 2.47. The first kappa shape index (κ1) is 26.0. The number of rotatable bonds is 8. The minimum absolute atomic E-state index is 0.00724. The van der Waals surface area contributed by atoms with Gasteiger partial charge in [0.15, 0.2) is 0 Å². The molecule has 2 aliphatic heterocycles. The van der Waals surface area contributed by atoms with Crippen LogP contribution >= 0.6 is 0 Å². The first-order valence-electron chi connectivity index (χ1n) is 11.1. The number of methoxy groups -OCH3 is 1. The van der Waals surface area contributed by atoms with Crippen molar-refractivity contribution in [3.05, 3.63) is 48.0 Å². The molecule has 1 fully saturated rings. The minimum atomic E-state index is -4.53. The van der Waals surface area contributed by atoms with Crippen LogP contribution in [0.3, 0.4) is 0 Å². The lowest BCUT2D eigenvalue weighted by atomic mass is 9.84. The number of hydrogen-bond donors (Lipinski definition) is 3. The zero-order valence-corrected chi connectivity index (χ0v) is 19.9. The van der Waals surface area contributed by atoms with Gasteiger partial charge in [-0.2, -0.15) is 13.2 Å². The Bertz CT molecular complexity index is 1220. The molecule has 0 radical (unpaired) electrons. The SMILES string of the molecule is COc1cccc(S(=O)(=O)Nc2ccc3c(c2)[C@H]2C[C@@H](CC(=O)NCC(F)(F)F)O[C@@H](CO)[C@H]2O3)c1. The molecule has 3 N–H and O–H groups in total. The normalized spacial score (nSPS) is 23.2. The van der Waals surface area contributed by atoms with E-state index in [4.69, 9.17) is 14.2 Å². The number of alkyl halides is 3. The van der Waals surface area contributed by atoms with Crippen LogP contribution in [0.5, 0.6) is 11.5 Å². The van der Waals surface area contributed by atoms with Gasteiger partial charge in [-0.15, -0.1) is 0 Å². The number of anilines is 1. The summed E-state index contributed by atoms with van der Waals surface area (Å²) in [4.78, 5) is 12.0. The van der Waals surface area contributed by atoms with Gasteiger partial charge >= 0.3 is 6.18 Å². The van der Waals surface area contributed by atoms with E-state index >= 15 is 0 Å². The second kappa shape index (κ2) is 10.1. The predicted octanol–water partition coefficient (Wildman–Crippen LogP) is 2.56. The molecule has 4 atom stereocenters. The number of nitrogens with one attached hydrogen (secondary N) is 2. The summed E-state index contributed by atoms with van der Waals surface area (Å²) in [6.07, 6.45) is -6.79. The van der Waals surface area contributed by atoms with Gasteiger partial charge in [0.2, 0.25) is 5.91 Å². The van der Waals surface area contributed by atoms with Gasteiger partial charge in [0.25, 0.3) is 10.0 Å². The summed E-state index contributed by atoms with van der Waals surface area (Å²) in [5, 5.41) is 11.6. The number of aliphatic hydroxyl groups excluding tert-OH is 1. The molecular weight excluding hydrogens is 505 g/mol. The molecule has 0 bridgehead atoms. The maximum absolute atomic E-state index is 12.9. The summed E-state index contributed by atoms with van der Waals surface area (Å²) < 4.78 is 82.2. The van der Waals surface area contributed by atoms with E-state index < -0.39 is 53.6 Å². The molecule has 1 amide bonds. The van der Waals surface area contributed by atoms with Crippen LogP contribution in [0.4, 0.5) is 18.9 Å². The van der Waals surface area contributed by atoms with Crippen LogP contribution in [0.25, 0.3) is 0 Å². The molecule has 0 aliphatic carbocycles. The Morgan fingerprint density at radius 1 is 1.22 bits per heavy atom. The second-order valence-electron chi connectivity index (χ2n) is 8.54. The molecule has 2 aromatic carbocycles. The first-order valence-corrected chi connectivity index (χ1v) is 12.5. The molecule has 0 aromatic heterocycles. The second-order valence-corrected chi connectivity index (χ2v) is 10.2. The van der Waals surface area contributed by atoms with Crippen LogP contribution in [0.1, 0.15) is 24.3 Å². The third-order valence-corrected chi connectivity index (χ3v) is 7.38. The highest BCUT2D eigenvalue weighted by molar-refractivity contribution is 7.92. The van der Waals surface area contributed by atoms with E-state index in [2.05, 4.69) is 4.72 Å². The van der Waals surface area contributed by atoms with Crippen molar-refractivity contribution in [2.24, 2.45) is 0 Å². The topological polar surface area (TPSA) is 123 Å². The van der Waals surface area contributed by atoms with Gasteiger partial charge in [0, 0.05) is 23.2 Å². The largest absolute Gasteiger partial charge is 0.497 e. The number of carbonyl (C=O) groups excluding carboxylic acids is 1. The number of aliphatic hydroxyl groups is 1. The lowest BCUT2D eigenvalue weighted by Gasteiger charge is -2.37.